The van der Waals surface area contributed by atoms with Gasteiger partial charge in [0.15, 0.2) is 0 Å². The summed E-state index contributed by atoms with van der Waals surface area (Å²) in [5.74, 6) is 0. The Labute approximate surface area is 193 Å². The third kappa shape index (κ3) is 2.78. The average molecular weight is 555 g/mol. The van der Waals surface area contributed by atoms with Gasteiger partial charge in [-0.05, 0) is 0 Å². The molecule has 2 aromatic carbocycles. The van der Waals surface area contributed by atoms with E-state index in [1.54, 1.807) is 0 Å². The second-order valence-corrected chi connectivity index (χ2v) is 11.9. The zero-order chi connectivity index (χ0) is 27.2. The third-order valence-corrected chi connectivity index (χ3v) is 10.9. The van der Waals surface area contributed by atoms with E-state index in [0.29, 0.717) is 24.3 Å². The van der Waals surface area contributed by atoms with E-state index in [1.807, 2.05) is 0 Å². The van der Waals surface area contributed by atoms with Gasteiger partial charge in [0, 0.05) is 0 Å². The van der Waals surface area contributed by atoms with Gasteiger partial charge in [0.2, 0.25) is 0 Å². The molecule has 2 aliphatic heterocycles. The Morgan fingerprint density at radius 1 is 0.611 bits per heavy atom. The Balaban J connectivity index is 2.30. The Bertz CT molecular complexity index is 1150. The van der Waals surface area contributed by atoms with Crippen LogP contribution >= 0.6 is 7.06 Å². The van der Waals surface area contributed by atoms with E-state index in [-0.39, 0.29) is 12.1 Å². The van der Waals surface area contributed by atoms with Crippen LogP contribution in [0.2, 0.25) is 0 Å². The summed E-state index contributed by atoms with van der Waals surface area (Å²) in [5.41, 5.74) is -14.4. The summed E-state index contributed by atoms with van der Waals surface area (Å²) in [6.07, 6.45) is -27.6. The van der Waals surface area contributed by atoms with E-state index in [4.69, 9.17) is 0 Å². The fraction of sp³-hybridized carbons (Fsp3) is 0.350. The Hall–Kier alpha value is -2.56. The molecular weight excluding hydrogens is 545 g/mol. The molecule has 16 heteroatoms. The van der Waals surface area contributed by atoms with Crippen molar-refractivity contribution in [1.82, 2.24) is 0 Å². The predicted molar refractivity (Wildman–Crippen MR) is 99.3 cm³/mol. The van der Waals surface area contributed by atoms with E-state index < -0.39 is 70.9 Å². The normalized spacial score (nSPS) is 22.8. The van der Waals surface area contributed by atoms with E-state index >= 15 is 0 Å². The monoisotopic (exact) mass is 555 g/mol. The summed E-state index contributed by atoms with van der Waals surface area (Å²) >= 11 is 0. The molecule has 0 saturated carbocycles. The molecule has 0 radical (unpaired) electrons. The van der Waals surface area contributed by atoms with E-state index in [1.165, 1.54) is 0 Å². The minimum absolute atomic E-state index is 0.224. The Morgan fingerprint density at radius 3 is 1.19 bits per heavy atom. The van der Waals surface area contributed by atoms with Crippen molar-refractivity contribution in [2.24, 2.45) is 0 Å². The van der Waals surface area contributed by atoms with Crippen LogP contribution in [-0.4, -0.2) is 30.9 Å². The van der Waals surface area contributed by atoms with Crippen LogP contribution in [0.25, 0.3) is 0 Å². The van der Waals surface area contributed by atoms with E-state index in [9.17, 15) is 57.9 Å². The van der Waals surface area contributed by atoms with Gasteiger partial charge >= 0.3 is 192 Å². The second kappa shape index (κ2) is 7.05. The molecule has 0 fully saturated rings. The van der Waals surface area contributed by atoms with Gasteiger partial charge in [-0.25, -0.2) is 0 Å². The molecule has 0 atom stereocenters. The second-order valence-electron chi connectivity index (χ2n) is 8.01. The third-order valence-electron chi connectivity index (χ3n) is 6.16. The fourth-order valence-corrected chi connectivity index (χ4v) is 10.3. The van der Waals surface area contributed by atoms with Crippen LogP contribution in [0.4, 0.5) is 52.7 Å². The first kappa shape index (κ1) is 26.5. The maximum absolute atomic E-state index is 14.3. The molecule has 0 N–H and O–H groups in total. The number of fused-ring (bicyclic) bond motifs is 4. The van der Waals surface area contributed by atoms with Crippen LogP contribution in [0.3, 0.4) is 0 Å². The molecule has 3 nitrogen and oxygen atoms in total. The molecule has 0 amide bonds. The molecule has 2 aromatic rings. The number of halogens is 12. The van der Waals surface area contributed by atoms with Crippen molar-refractivity contribution in [3.05, 3.63) is 59.7 Å². The Kier molecular flexibility index (Phi) is 5.19. The number of alkyl halides is 12. The molecule has 0 bridgehead atoms. The SMILES string of the molecule is N#CCP12(OC(C(F)(F)F)(C(F)(F)F)c3ccccc31)OC(C(F)(F)F)(C(F)(F)F)c1ccccc12. The summed E-state index contributed by atoms with van der Waals surface area (Å²) in [6, 6.07) is 5.44. The molecule has 36 heavy (non-hydrogen) atoms. The van der Waals surface area contributed by atoms with Crippen LogP contribution in [-0.2, 0) is 20.2 Å². The van der Waals surface area contributed by atoms with Crippen molar-refractivity contribution in [3.63, 3.8) is 0 Å². The van der Waals surface area contributed by atoms with Crippen molar-refractivity contribution < 1.29 is 61.7 Å². The topological polar surface area (TPSA) is 42.2 Å². The quantitative estimate of drug-likeness (QED) is 0.309. The van der Waals surface area contributed by atoms with Gasteiger partial charge < -0.3 is 0 Å². The van der Waals surface area contributed by atoms with E-state index in [2.05, 4.69) is 9.05 Å². The fourth-order valence-electron chi connectivity index (χ4n) is 4.86. The summed E-state index contributed by atoms with van der Waals surface area (Å²) < 4.78 is 180. The van der Waals surface area contributed by atoms with Crippen LogP contribution in [0, 0.1) is 11.3 Å². The zero-order valence-corrected chi connectivity index (χ0v) is 18.0. The first-order valence-corrected chi connectivity index (χ1v) is 11.8. The van der Waals surface area contributed by atoms with Crippen LogP contribution in [0.15, 0.2) is 48.5 Å². The van der Waals surface area contributed by atoms with Crippen molar-refractivity contribution in [3.8, 4) is 6.07 Å². The standard InChI is InChI=1S/C20H10F12NO2P/c21-17(22,23)15(18(24,25)26)11-5-1-3-7-13(11)36(34-15,10-9-33)14-8-4-2-6-12(14)16(35-36,19(27,28)29)20(30,31)32/h1-8H,10H2. The number of benzene rings is 2. The van der Waals surface area contributed by atoms with Crippen molar-refractivity contribution in [2.45, 2.75) is 35.9 Å². The number of nitriles is 1. The van der Waals surface area contributed by atoms with Gasteiger partial charge in [0.1, 0.15) is 0 Å². The van der Waals surface area contributed by atoms with Crippen LogP contribution in [0.5, 0.6) is 0 Å². The molecule has 4 rings (SSSR count). The van der Waals surface area contributed by atoms with Crippen LogP contribution < -0.4 is 10.6 Å². The molecule has 196 valence electrons. The number of hydrogen-bond acceptors (Lipinski definition) is 3. The number of hydrogen-bond donors (Lipinski definition) is 0. The van der Waals surface area contributed by atoms with Gasteiger partial charge in [0.25, 0.3) is 0 Å². The summed E-state index contributed by atoms with van der Waals surface area (Å²) in [6.45, 7) is 0. The molecule has 1 spiro atoms. The van der Waals surface area contributed by atoms with Crippen molar-refractivity contribution >= 4 is 17.7 Å². The average Bonchev–Trinajstić information content (AvgIpc) is 3.16. The van der Waals surface area contributed by atoms with Gasteiger partial charge in [-0.2, -0.15) is 0 Å². The molecule has 0 unspecified atom stereocenters. The Morgan fingerprint density at radius 2 is 0.917 bits per heavy atom. The van der Waals surface area contributed by atoms with Gasteiger partial charge in [-0.1, -0.05) is 0 Å². The van der Waals surface area contributed by atoms with Gasteiger partial charge in [0.05, 0.1) is 0 Å². The molecular formula is C20H10F12NO2P. The first-order valence-electron chi connectivity index (χ1n) is 9.54. The molecule has 2 aliphatic rings. The maximum atomic E-state index is 14.3. The van der Waals surface area contributed by atoms with Crippen LogP contribution in [0.1, 0.15) is 11.1 Å². The van der Waals surface area contributed by atoms with E-state index in [0.717, 1.165) is 18.2 Å². The summed E-state index contributed by atoms with van der Waals surface area (Å²) in [5, 5.41) is 6.76. The summed E-state index contributed by atoms with van der Waals surface area (Å²) in [4.78, 5) is 0. The van der Waals surface area contributed by atoms with Gasteiger partial charge in [-0.15, -0.1) is 0 Å². The zero-order valence-electron chi connectivity index (χ0n) is 17.1. The molecule has 2 heterocycles. The van der Waals surface area contributed by atoms with Crippen molar-refractivity contribution in [1.29, 1.82) is 5.26 Å². The van der Waals surface area contributed by atoms with Crippen molar-refractivity contribution in [2.75, 3.05) is 6.16 Å². The minimum atomic E-state index is -6.84. The molecule has 0 aromatic heterocycles. The molecule has 0 saturated heterocycles. The first-order chi connectivity index (χ1) is 16.3. The number of nitrogens with zero attached hydrogens (tertiary/aromatic N) is 1. The molecule has 0 aliphatic carbocycles. The number of rotatable bonds is 1. The summed E-state index contributed by atoms with van der Waals surface area (Å²) in [7, 11) is -6.84. The predicted octanol–water partition coefficient (Wildman–Crippen LogP) is 6.24. The van der Waals surface area contributed by atoms with Gasteiger partial charge in [-0.3, -0.25) is 0 Å².